The van der Waals surface area contributed by atoms with E-state index in [0.29, 0.717) is 5.56 Å². The molecule has 1 aliphatic rings. The first-order valence-electron chi connectivity index (χ1n) is 5.95. The number of amides is 3. The van der Waals surface area contributed by atoms with E-state index in [9.17, 15) is 14.0 Å². The summed E-state index contributed by atoms with van der Waals surface area (Å²) < 4.78 is 15.3. The summed E-state index contributed by atoms with van der Waals surface area (Å²) in [6.45, 7) is 0. The fraction of sp³-hybridized carbons (Fsp3) is 0.154. The van der Waals surface area contributed by atoms with Gasteiger partial charge in [-0.15, -0.1) is 0 Å². The monoisotopic (exact) mass is 274 g/mol. The fourth-order valence-electron chi connectivity index (χ4n) is 2.16. The van der Waals surface area contributed by atoms with Gasteiger partial charge in [0.25, 0.3) is 5.91 Å². The summed E-state index contributed by atoms with van der Waals surface area (Å²) in [4.78, 5) is 25.1. The highest BCUT2D eigenvalue weighted by atomic mass is 19.1. The Morgan fingerprint density at radius 2 is 2.05 bits per heavy atom. The summed E-state index contributed by atoms with van der Waals surface area (Å²) in [6, 6.07) is 4.17. The first-order valence-corrected chi connectivity index (χ1v) is 5.95. The van der Waals surface area contributed by atoms with E-state index in [4.69, 9.17) is 0 Å². The van der Waals surface area contributed by atoms with Crippen LogP contribution in [0.4, 0.5) is 14.9 Å². The number of benzene rings is 1. The van der Waals surface area contributed by atoms with Gasteiger partial charge in [-0.05, 0) is 12.1 Å². The van der Waals surface area contributed by atoms with E-state index in [1.807, 2.05) is 0 Å². The van der Waals surface area contributed by atoms with Crippen molar-refractivity contribution in [2.45, 2.75) is 6.04 Å². The molecule has 1 unspecified atom stereocenters. The van der Waals surface area contributed by atoms with E-state index in [-0.39, 0.29) is 5.69 Å². The minimum atomic E-state index is -0.837. The van der Waals surface area contributed by atoms with Crippen LogP contribution in [0.25, 0.3) is 0 Å². The molecule has 3 amide bonds. The molecule has 7 heteroatoms. The van der Waals surface area contributed by atoms with Gasteiger partial charge in [0.1, 0.15) is 11.9 Å². The summed E-state index contributed by atoms with van der Waals surface area (Å²) in [5.41, 5.74) is 0.506. The van der Waals surface area contributed by atoms with Crippen LogP contribution in [0.2, 0.25) is 0 Å². The molecule has 20 heavy (non-hydrogen) atoms. The van der Waals surface area contributed by atoms with Crippen LogP contribution in [-0.4, -0.2) is 21.7 Å². The van der Waals surface area contributed by atoms with Crippen LogP contribution in [-0.2, 0) is 11.8 Å². The first-order chi connectivity index (χ1) is 9.58. The lowest BCUT2D eigenvalue weighted by molar-refractivity contribution is -0.118. The van der Waals surface area contributed by atoms with E-state index in [1.165, 1.54) is 29.1 Å². The average Bonchev–Trinajstić information content (AvgIpc) is 2.95. The van der Waals surface area contributed by atoms with Crippen LogP contribution < -0.4 is 10.2 Å². The number of nitrogens with one attached hydrogen (secondary N) is 1. The maximum atomic E-state index is 13.7. The van der Waals surface area contributed by atoms with E-state index < -0.39 is 23.8 Å². The van der Waals surface area contributed by atoms with Crippen LogP contribution in [0.5, 0.6) is 0 Å². The largest absolute Gasteiger partial charge is 0.329 e. The second-order valence-corrected chi connectivity index (χ2v) is 4.45. The molecule has 1 aromatic heterocycles. The highest BCUT2D eigenvalue weighted by Gasteiger charge is 2.41. The summed E-state index contributed by atoms with van der Waals surface area (Å²) in [5, 5.41) is 6.48. The molecular formula is C13H11FN4O2. The number of rotatable bonds is 2. The SMILES string of the molecule is Cn1cc(C2NC(=O)N(c3ccccc3F)C2=O)cn1. The zero-order valence-corrected chi connectivity index (χ0v) is 10.6. The van der Waals surface area contributed by atoms with Gasteiger partial charge >= 0.3 is 6.03 Å². The number of carbonyl (C=O) groups excluding carboxylic acids is 2. The topological polar surface area (TPSA) is 67.2 Å². The van der Waals surface area contributed by atoms with E-state index in [1.54, 1.807) is 19.3 Å². The predicted molar refractivity (Wildman–Crippen MR) is 68.4 cm³/mol. The van der Waals surface area contributed by atoms with Crippen molar-refractivity contribution >= 4 is 17.6 Å². The Bertz CT molecular complexity index is 697. The Morgan fingerprint density at radius 1 is 1.30 bits per heavy atom. The lowest BCUT2D eigenvalue weighted by Crippen LogP contribution is -2.31. The number of imide groups is 1. The van der Waals surface area contributed by atoms with Gasteiger partial charge in [-0.2, -0.15) is 5.10 Å². The van der Waals surface area contributed by atoms with Crippen molar-refractivity contribution in [1.29, 1.82) is 0 Å². The van der Waals surface area contributed by atoms with Crippen molar-refractivity contribution in [3.8, 4) is 0 Å². The summed E-state index contributed by atoms with van der Waals surface area (Å²) in [7, 11) is 1.71. The molecule has 1 saturated heterocycles. The average molecular weight is 274 g/mol. The van der Waals surface area contributed by atoms with E-state index >= 15 is 0 Å². The Labute approximate surface area is 113 Å². The number of urea groups is 1. The third-order valence-electron chi connectivity index (χ3n) is 3.09. The molecule has 1 N–H and O–H groups in total. The van der Waals surface area contributed by atoms with Crippen molar-refractivity contribution in [2.24, 2.45) is 7.05 Å². The predicted octanol–water partition coefficient (Wildman–Crippen LogP) is 1.36. The molecule has 0 aliphatic carbocycles. The number of hydrogen-bond donors (Lipinski definition) is 1. The third-order valence-corrected chi connectivity index (χ3v) is 3.09. The van der Waals surface area contributed by atoms with Gasteiger partial charge in [-0.25, -0.2) is 14.1 Å². The molecule has 3 rings (SSSR count). The van der Waals surface area contributed by atoms with Crippen molar-refractivity contribution < 1.29 is 14.0 Å². The number of halogens is 1. The van der Waals surface area contributed by atoms with Gasteiger partial charge in [-0.3, -0.25) is 9.48 Å². The molecular weight excluding hydrogens is 263 g/mol. The minimum absolute atomic E-state index is 0.0543. The third kappa shape index (κ3) is 1.83. The molecule has 1 aromatic carbocycles. The van der Waals surface area contributed by atoms with Crippen molar-refractivity contribution in [3.05, 3.63) is 48.0 Å². The molecule has 1 aliphatic heterocycles. The molecule has 2 aromatic rings. The number of nitrogens with zero attached hydrogens (tertiary/aromatic N) is 3. The second-order valence-electron chi connectivity index (χ2n) is 4.45. The summed E-state index contributed by atoms with van der Waals surface area (Å²) in [6.07, 6.45) is 3.13. The second kappa shape index (κ2) is 4.44. The summed E-state index contributed by atoms with van der Waals surface area (Å²) in [5.74, 6) is -1.14. The maximum Gasteiger partial charge on any atom is 0.329 e. The number of aryl methyl sites for hydroxylation is 1. The maximum absolute atomic E-state index is 13.7. The Morgan fingerprint density at radius 3 is 2.70 bits per heavy atom. The quantitative estimate of drug-likeness (QED) is 0.841. The smallest absolute Gasteiger partial charge is 0.321 e. The van der Waals surface area contributed by atoms with Crippen LogP contribution in [0.1, 0.15) is 11.6 Å². The van der Waals surface area contributed by atoms with Crippen LogP contribution in [0, 0.1) is 5.82 Å². The Balaban J connectivity index is 1.97. The lowest BCUT2D eigenvalue weighted by Gasteiger charge is -2.13. The minimum Gasteiger partial charge on any atom is -0.321 e. The van der Waals surface area contributed by atoms with E-state index in [0.717, 1.165) is 4.90 Å². The Hall–Kier alpha value is -2.70. The molecule has 0 radical (unpaired) electrons. The van der Waals surface area contributed by atoms with Crippen molar-refractivity contribution in [2.75, 3.05) is 4.90 Å². The fourth-order valence-corrected chi connectivity index (χ4v) is 2.16. The first kappa shape index (κ1) is 12.3. The zero-order chi connectivity index (χ0) is 14.3. The number of hydrogen-bond acceptors (Lipinski definition) is 3. The highest BCUT2D eigenvalue weighted by molar-refractivity contribution is 6.21. The van der Waals surface area contributed by atoms with Gasteiger partial charge in [0, 0.05) is 18.8 Å². The summed E-state index contributed by atoms with van der Waals surface area (Å²) >= 11 is 0. The number of aromatic nitrogens is 2. The number of anilines is 1. The number of para-hydroxylation sites is 1. The van der Waals surface area contributed by atoms with Crippen LogP contribution in [0.3, 0.4) is 0 Å². The van der Waals surface area contributed by atoms with Crippen LogP contribution >= 0.6 is 0 Å². The van der Waals surface area contributed by atoms with Crippen molar-refractivity contribution in [3.63, 3.8) is 0 Å². The van der Waals surface area contributed by atoms with Gasteiger partial charge in [-0.1, -0.05) is 12.1 Å². The zero-order valence-electron chi connectivity index (χ0n) is 10.6. The molecule has 102 valence electrons. The standard InChI is InChI=1S/C13H11FN4O2/c1-17-7-8(6-15-17)11-12(19)18(13(20)16-11)10-5-3-2-4-9(10)14/h2-7,11H,1H3,(H,16,20). The lowest BCUT2D eigenvalue weighted by atomic mass is 10.1. The molecule has 1 fully saturated rings. The molecule has 1 atom stereocenters. The Kier molecular flexibility index (Phi) is 2.74. The molecule has 6 nitrogen and oxygen atoms in total. The molecule has 0 bridgehead atoms. The highest BCUT2D eigenvalue weighted by Crippen LogP contribution is 2.28. The van der Waals surface area contributed by atoms with Crippen LogP contribution in [0.15, 0.2) is 36.7 Å². The normalized spacial score (nSPS) is 18.5. The number of carbonyl (C=O) groups is 2. The van der Waals surface area contributed by atoms with Crippen molar-refractivity contribution in [1.82, 2.24) is 15.1 Å². The molecule has 0 spiro atoms. The molecule has 0 saturated carbocycles. The van der Waals surface area contributed by atoms with Gasteiger partial charge in [0.2, 0.25) is 0 Å². The van der Waals surface area contributed by atoms with E-state index in [2.05, 4.69) is 10.4 Å². The van der Waals surface area contributed by atoms with Gasteiger partial charge < -0.3 is 5.32 Å². The van der Waals surface area contributed by atoms with Gasteiger partial charge in [0.15, 0.2) is 0 Å². The molecule has 2 heterocycles. The van der Waals surface area contributed by atoms with Gasteiger partial charge in [0.05, 0.1) is 11.9 Å².